The zero-order chi connectivity index (χ0) is 20.4. The second-order valence-corrected chi connectivity index (χ2v) is 7.56. The van der Waals surface area contributed by atoms with Crippen molar-refractivity contribution in [3.8, 4) is 5.75 Å². The molecule has 2 heterocycles. The molecule has 1 aromatic heterocycles. The number of aryl methyl sites for hydroxylation is 1. The standard InChI is InChI=1S/C23H25FN2O3.ClH/c1-16-3-5-19-18(15-29-22(19)11-16)13-23(27)26-9-7-25(8-10-26)14-17-4-6-21(28-2)20(24)12-17;/h3-6,11-12,15H,7-10,13-14H2,1-2H3;1H. The molecule has 0 bridgehead atoms. The van der Waals surface area contributed by atoms with Crippen LogP contribution in [0.15, 0.2) is 47.1 Å². The minimum absolute atomic E-state index is 0. The van der Waals surface area contributed by atoms with Crippen LogP contribution in [0.5, 0.6) is 5.75 Å². The lowest BCUT2D eigenvalue weighted by molar-refractivity contribution is -0.132. The highest BCUT2D eigenvalue weighted by molar-refractivity contribution is 5.88. The molecule has 7 heteroatoms. The molecule has 160 valence electrons. The van der Waals surface area contributed by atoms with Crippen molar-refractivity contribution in [2.24, 2.45) is 0 Å². The third-order valence-corrected chi connectivity index (χ3v) is 5.50. The lowest BCUT2D eigenvalue weighted by Gasteiger charge is -2.34. The van der Waals surface area contributed by atoms with Crippen LogP contribution >= 0.6 is 12.4 Å². The zero-order valence-electron chi connectivity index (χ0n) is 17.2. The van der Waals surface area contributed by atoms with Gasteiger partial charge in [-0.25, -0.2) is 4.39 Å². The Kier molecular flexibility index (Phi) is 7.00. The van der Waals surface area contributed by atoms with Gasteiger partial charge in [-0.2, -0.15) is 0 Å². The highest BCUT2D eigenvalue weighted by atomic mass is 35.5. The van der Waals surface area contributed by atoms with E-state index in [4.69, 9.17) is 9.15 Å². The van der Waals surface area contributed by atoms with Crippen LogP contribution in [0.4, 0.5) is 4.39 Å². The topological polar surface area (TPSA) is 45.9 Å². The highest BCUT2D eigenvalue weighted by Crippen LogP contribution is 2.24. The number of rotatable bonds is 5. The summed E-state index contributed by atoms with van der Waals surface area (Å²) >= 11 is 0. The van der Waals surface area contributed by atoms with Gasteiger partial charge in [-0.05, 0) is 36.2 Å². The predicted octanol–water partition coefficient (Wildman–Crippen LogP) is 4.20. The summed E-state index contributed by atoms with van der Waals surface area (Å²) in [6.07, 6.45) is 2.04. The number of carbonyl (C=O) groups excluding carboxylic acids is 1. The molecule has 0 aliphatic carbocycles. The molecule has 0 atom stereocenters. The molecule has 0 saturated carbocycles. The molecule has 0 unspecified atom stereocenters. The van der Waals surface area contributed by atoms with Crippen LogP contribution < -0.4 is 4.74 Å². The van der Waals surface area contributed by atoms with Gasteiger partial charge in [0.1, 0.15) is 5.58 Å². The van der Waals surface area contributed by atoms with Gasteiger partial charge in [-0.1, -0.05) is 18.2 Å². The normalized spacial score (nSPS) is 14.6. The quantitative estimate of drug-likeness (QED) is 0.606. The first-order chi connectivity index (χ1) is 14.0. The smallest absolute Gasteiger partial charge is 0.227 e. The molecule has 2 aromatic carbocycles. The Bertz CT molecular complexity index is 1030. The van der Waals surface area contributed by atoms with E-state index in [0.29, 0.717) is 26.1 Å². The lowest BCUT2D eigenvalue weighted by atomic mass is 10.1. The average molecular weight is 433 g/mol. The fourth-order valence-electron chi connectivity index (χ4n) is 3.82. The molecule has 1 fully saturated rings. The van der Waals surface area contributed by atoms with Gasteiger partial charge in [0.05, 0.1) is 19.8 Å². The second kappa shape index (κ2) is 9.49. The number of hydrogen-bond donors (Lipinski definition) is 0. The van der Waals surface area contributed by atoms with Crippen molar-refractivity contribution in [3.05, 3.63) is 65.2 Å². The molecule has 3 aromatic rings. The minimum Gasteiger partial charge on any atom is -0.494 e. The van der Waals surface area contributed by atoms with E-state index in [0.717, 1.165) is 40.7 Å². The molecule has 4 rings (SSSR count). The molecule has 1 aliphatic rings. The second-order valence-electron chi connectivity index (χ2n) is 7.56. The summed E-state index contributed by atoms with van der Waals surface area (Å²) < 4.78 is 24.5. The number of fused-ring (bicyclic) bond motifs is 1. The summed E-state index contributed by atoms with van der Waals surface area (Å²) in [5.74, 6) is 0.0239. The Labute approximate surface area is 181 Å². The number of piperazine rings is 1. The van der Waals surface area contributed by atoms with Gasteiger partial charge >= 0.3 is 0 Å². The van der Waals surface area contributed by atoms with Crippen molar-refractivity contribution >= 4 is 29.3 Å². The summed E-state index contributed by atoms with van der Waals surface area (Å²) in [6.45, 7) is 5.56. The van der Waals surface area contributed by atoms with Gasteiger partial charge in [-0.3, -0.25) is 9.69 Å². The van der Waals surface area contributed by atoms with E-state index < -0.39 is 0 Å². The van der Waals surface area contributed by atoms with Gasteiger partial charge in [0.25, 0.3) is 0 Å². The predicted molar refractivity (Wildman–Crippen MR) is 117 cm³/mol. The first kappa shape index (κ1) is 22.1. The van der Waals surface area contributed by atoms with Crippen LogP contribution in [0.2, 0.25) is 0 Å². The van der Waals surface area contributed by atoms with Gasteiger partial charge < -0.3 is 14.1 Å². The third kappa shape index (κ3) is 4.77. The number of methoxy groups -OCH3 is 1. The summed E-state index contributed by atoms with van der Waals surface area (Å²) in [5.41, 5.74) is 3.80. The number of carbonyl (C=O) groups is 1. The summed E-state index contributed by atoms with van der Waals surface area (Å²) in [7, 11) is 1.46. The Hall–Kier alpha value is -2.57. The molecule has 0 N–H and O–H groups in total. The van der Waals surface area contributed by atoms with E-state index in [2.05, 4.69) is 4.90 Å². The number of ether oxygens (including phenoxy) is 1. The van der Waals surface area contributed by atoms with Crippen molar-refractivity contribution in [3.63, 3.8) is 0 Å². The number of furan rings is 1. The molecular formula is C23H26ClFN2O3. The largest absolute Gasteiger partial charge is 0.494 e. The Morgan fingerprint density at radius 1 is 1.13 bits per heavy atom. The molecule has 30 heavy (non-hydrogen) atoms. The minimum atomic E-state index is -0.346. The molecule has 0 radical (unpaired) electrons. The van der Waals surface area contributed by atoms with E-state index >= 15 is 0 Å². The van der Waals surface area contributed by atoms with Crippen LogP contribution in [0, 0.1) is 12.7 Å². The number of amides is 1. The van der Waals surface area contributed by atoms with Crippen molar-refractivity contribution in [1.29, 1.82) is 0 Å². The molecular weight excluding hydrogens is 407 g/mol. The summed E-state index contributed by atoms with van der Waals surface area (Å²) in [5, 5.41) is 1.00. The molecule has 1 amide bonds. The number of nitrogens with zero attached hydrogens (tertiary/aromatic N) is 2. The number of halogens is 2. The van der Waals surface area contributed by atoms with Gasteiger partial charge in [0.15, 0.2) is 11.6 Å². The SMILES string of the molecule is COc1ccc(CN2CCN(C(=O)Cc3coc4cc(C)ccc34)CC2)cc1F.Cl. The average Bonchev–Trinajstić information content (AvgIpc) is 3.10. The first-order valence-corrected chi connectivity index (χ1v) is 9.83. The van der Waals surface area contributed by atoms with Crippen molar-refractivity contribution in [2.75, 3.05) is 33.3 Å². The Morgan fingerprint density at radius 3 is 2.60 bits per heavy atom. The van der Waals surface area contributed by atoms with Crippen LogP contribution in [0.1, 0.15) is 16.7 Å². The van der Waals surface area contributed by atoms with E-state index in [1.54, 1.807) is 12.3 Å². The molecule has 1 aliphatic heterocycles. The maximum Gasteiger partial charge on any atom is 0.227 e. The lowest BCUT2D eigenvalue weighted by Crippen LogP contribution is -2.48. The van der Waals surface area contributed by atoms with Crippen LogP contribution in [0.25, 0.3) is 11.0 Å². The van der Waals surface area contributed by atoms with Gasteiger partial charge in [-0.15, -0.1) is 12.4 Å². The number of hydrogen-bond acceptors (Lipinski definition) is 4. The third-order valence-electron chi connectivity index (χ3n) is 5.50. The monoisotopic (exact) mass is 432 g/mol. The zero-order valence-corrected chi connectivity index (χ0v) is 18.0. The van der Waals surface area contributed by atoms with Crippen molar-refractivity contribution in [1.82, 2.24) is 9.80 Å². The number of benzene rings is 2. The summed E-state index contributed by atoms with van der Waals surface area (Å²) in [6, 6.07) is 11.1. The fraction of sp³-hybridized carbons (Fsp3) is 0.348. The van der Waals surface area contributed by atoms with E-state index in [1.807, 2.05) is 36.1 Å². The van der Waals surface area contributed by atoms with Gasteiger partial charge in [0.2, 0.25) is 5.91 Å². The molecule has 0 spiro atoms. The van der Waals surface area contributed by atoms with Crippen LogP contribution in [0.3, 0.4) is 0 Å². The van der Waals surface area contributed by atoms with Crippen LogP contribution in [-0.4, -0.2) is 49.0 Å². The first-order valence-electron chi connectivity index (χ1n) is 9.83. The highest BCUT2D eigenvalue weighted by Gasteiger charge is 2.22. The fourth-order valence-corrected chi connectivity index (χ4v) is 3.82. The molecule has 1 saturated heterocycles. The van der Waals surface area contributed by atoms with Crippen molar-refractivity contribution < 1.29 is 18.3 Å². The van der Waals surface area contributed by atoms with Crippen LogP contribution in [-0.2, 0) is 17.8 Å². The maximum atomic E-state index is 13.9. The summed E-state index contributed by atoms with van der Waals surface area (Å²) in [4.78, 5) is 16.9. The Morgan fingerprint density at radius 2 is 1.90 bits per heavy atom. The maximum absolute atomic E-state index is 13.9. The van der Waals surface area contributed by atoms with E-state index in [-0.39, 0.29) is 29.9 Å². The Balaban J connectivity index is 0.00000256. The van der Waals surface area contributed by atoms with E-state index in [9.17, 15) is 9.18 Å². The van der Waals surface area contributed by atoms with Gasteiger partial charge in [0, 0.05) is 43.7 Å². The molecule has 5 nitrogen and oxygen atoms in total. The van der Waals surface area contributed by atoms with E-state index in [1.165, 1.54) is 13.2 Å². The van der Waals surface area contributed by atoms with Crippen molar-refractivity contribution in [2.45, 2.75) is 19.9 Å².